The highest BCUT2D eigenvalue weighted by Gasteiger charge is 2.18. The Morgan fingerprint density at radius 2 is 2.41 bits per heavy atom. The van der Waals surface area contributed by atoms with Crippen LogP contribution in [0, 0.1) is 0 Å². The van der Waals surface area contributed by atoms with Crippen molar-refractivity contribution < 1.29 is 9.90 Å². The average molecular weight is 260 g/mol. The van der Waals surface area contributed by atoms with Gasteiger partial charge in [-0.3, -0.25) is 9.36 Å². The van der Waals surface area contributed by atoms with Crippen LogP contribution in [0.1, 0.15) is 13.3 Å². The molecule has 7 nitrogen and oxygen atoms in total. The van der Waals surface area contributed by atoms with E-state index in [2.05, 4.69) is 15.5 Å². The van der Waals surface area contributed by atoms with Gasteiger partial charge in [-0.2, -0.15) is 0 Å². The first-order valence-corrected chi connectivity index (χ1v) is 6.25. The fourth-order valence-corrected chi connectivity index (χ4v) is 2.12. The first-order chi connectivity index (χ1) is 8.06. The van der Waals surface area contributed by atoms with Crippen LogP contribution in [-0.2, 0) is 11.8 Å². The molecule has 1 heterocycles. The molecule has 8 heteroatoms. The van der Waals surface area contributed by atoms with Crippen molar-refractivity contribution in [1.82, 2.24) is 20.1 Å². The van der Waals surface area contributed by atoms with Crippen molar-refractivity contribution in [1.29, 1.82) is 0 Å². The summed E-state index contributed by atoms with van der Waals surface area (Å²) in [5.74, 6) is -0.570. The third kappa shape index (κ3) is 3.90. The Labute approximate surface area is 103 Å². The fourth-order valence-electron chi connectivity index (χ4n) is 1.16. The van der Waals surface area contributed by atoms with E-state index in [1.165, 1.54) is 16.3 Å². The van der Waals surface area contributed by atoms with Crippen molar-refractivity contribution in [2.45, 2.75) is 24.5 Å². The summed E-state index contributed by atoms with van der Waals surface area (Å²) in [5.41, 5.74) is -0.305. The number of aliphatic carboxylic acids is 1. The number of nitrogens with one attached hydrogen (secondary N) is 2. The van der Waals surface area contributed by atoms with E-state index in [1.807, 2.05) is 6.92 Å². The molecule has 96 valence electrons. The van der Waals surface area contributed by atoms with Gasteiger partial charge in [0.1, 0.15) is 6.04 Å². The summed E-state index contributed by atoms with van der Waals surface area (Å²) < 4.78 is 1.35. The minimum Gasteiger partial charge on any atom is -0.480 e. The molecular formula is C9H16N4O3S. The zero-order chi connectivity index (χ0) is 12.8. The van der Waals surface area contributed by atoms with E-state index in [0.29, 0.717) is 17.5 Å². The molecule has 1 unspecified atom stereocenters. The minimum atomic E-state index is -0.897. The Kier molecular flexibility index (Phi) is 5.23. The average Bonchev–Trinajstić information content (AvgIpc) is 2.60. The molecule has 1 aromatic heterocycles. The first kappa shape index (κ1) is 13.8. The molecule has 0 saturated heterocycles. The molecule has 1 rings (SSSR count). The molecular weight excluding hydrogens is 244 g/mol. The van der Waals surface area contributed by atoms with Crippen molar-refractivity contribution in [3.63, 3.8) is 0 Å². The third-order valence-corrected chi connectivity index (χ3v) is 3.28. The standard InChI is InChI=1S/C9H16N4O3S/c1-3-4-10-6(7(14)15)5-17-9-12-11-8(16)13(9)2/h6,10H,3-5H2,1-2H3,(H,11,16)(H,14,15). The molecule has 0 aliphatic heterocycles. The molecule has 0 bridgehead atoms. The van der Waals surface area contributed by atoms with E-state index < -0.39 is 12.0 Å². The summed E-state index contributed by atoms with van der Waals surface area (Å²) in [5, 5.41) is 18.5. The van der Waals surface area contributed by atoms with Crippen LogP contribution in [0.15, 0.2) is 9.95 Å². The van der Waals surface area contributed by atoms with Crippen molar-refractivity contribution in [2.75, 3.05) is 12.3 Å². The number of hydrogen-bond donors (Lipinski definition) is 3. The van der Waals surface area contributed by atoms with Gasteiger partial charge in [-0.05, 0) is 13.0 Å². The highest BCUT2D eigenvalue weighted by molar-refractivity contribution is 7.99. The van der Waals surface area contributed by atoms with Crippen molar-refractivity contribution >= 4 is 17.7 Å². The van der Waals surface area contributed by atoms with E-state index >= 15 is 0 Å². The van der Waals surface area contributed by atoms with Crippen LogP contribution < -0.4 is 11.0 Å². The van der Waals surface area contributed by atoms with Crippen molar-refractivity contribution in [2.24, 2.45) is 7.05 Å². The molecule has 0 aliphatic rings. The van der Waals surface area contributed by atoms with Crippen LogP contribution >= 0.6 is 11.8 Å². The number of thioether (sulfide) groups is 1. The van der Waals surface area contributed by atoms with Gasteiger partial charge in [0.15, 0.2) is 5.16 Å². The predicted molar refractivity (Wildman–Crippen MR) is 64.3 cm³/mol. The molecule has 0 saturated carbocycles. The summed E-state index contributed by atoms with van der Waals surface area (Å²) in [7, 11) is 1.59. The van der Waals surface area contributed by atoms with Gasteiger partial charge in [0, 0.05) is 12.8 Å². The predicted octanol–water partition coefficient (Wildman–Crippen LogP) is -0.347. The van der Waals surface area contributed by atoms with Crippen LogP contribution in [0.5, 0.6) is 0 Å². The Hall–Kier alpha value is -1.28. The molecule has 0 radical (unpaired) electrons. The normalized spacial score (nSPS) is 12.6. The van der Waals surface area contributed by atoms with Gasteiger partial charge >= 0.3 is 11.7 Å². The minimum absolute atomic E-state index is 0.305. The second kappa shape index (κ2) is 6.45. The zero-order valence-electron chi connectivity index (χ0n) is 9.77. The van der Waals surface area contributed by atoms with E-state index in [9.17, 15) is 9.59 Å². The van der Waals surface area contributed by atoms with E-state index in [1.54, 1.807) is 7.05 Å². The molecule has 0 spiro atoms. The zero-order valence-corrected chi connectivity index (χ0v) is 10.6. The highest BCUT2D eigenvalue weighted by Crippen LogP contribution is 2.13. The fraction of sp³-hybridized carbons (Fsp3) is 0.667. The highest BCUT2D eigenvalue weighted by atomic mass is 32.2. The quantitative estimate of drug-likeness (QED) is 0.580. The monoisotopic (exact) mass is 260 g/mol. The van der Waals surface area contributed by atoms with E-state index in [0.717, 1.165) is 6.42 Å². The van der Waals surface area contributed by atoms with Gasteiger partial charge in [0.25, 0.3) is 0 Å². The van der Waals surface area contributed by atoms with Crippen LogP contribution in [0.25, 0.3) is 0 Å². The molecule has 0 aliphatic carbocycles. The summed E-state index contributed by atoms with van der Waals surface area (Å²) >= 11 is 1.23. The van der Waals surface area contributed by atoms with Gasteiger partial charge in [0.2, 0.25) is 0 Å². The van der Waals surface area contributed by atoms with Gasteiger partial charge in [-0.15, -0.1) is 5.10 Å². The molecule has 17 heavy (non-hydrogen) atoms. The summed E-state index contributed by atoms with van der Waals surface area (Å²) in [6.45, 7) is 2.62. The number of H-pyrrole nitrogens is 1. The summed E-state index contributed by atoms with van der Waals surface area (Å²) in [4.78, 5) is 22.0. The van der Waals surface area contributed by atoms with Crippen LogP contribution in [0.4, 0.5) is 0 Å². The lowest BCUT2D eigenvalue weighted by atomic mass is 10.3. The smallest absolute Gasteiger partial charge is 0.343 e. The van der Waals surface area contributed by atoms with Crippen LogP contribution in [0.2, 0.25) is 0 Å². The number of hydrogen-bond acceptors (Lipinski definition) is 5. The summed E-state index contributed by atoms with van der Waals surface area (Å²) in [6, 6.07) is -0.633. The van der Waals surface area contributed by atoms with Gasteiger partial charge in [-0.25, -0.2) is 9.89 Å². The first-order valence-electron chi connectivity index (χ1n) is 5.26. The lowest BCUT2D eigenvalue weighted by Gasteiger charge is -2.12. The third-order valence-electron chi connectivity index (χ3n) is 2.16. The largest absolute Gasteiger partial charge is 0.480 e. The second-order valence-corrected chi connectivity index (χ2v) is 4.51. The number of nitrogens with zero attached hydrogens (tertiary/aromatic N) is 2. The molecule has 0 aromatic carbocycles. The van der Waals surface area contributed by atoms with Gasteiger partial charge in [-0.1, -0.05) is 18.7 Å². The number of carboxylic acids is 1. The number of rotatable bonds is 7. The van der Waals surface area contributed by atoms with Crippen LogP contribution in [0.3, 0.4) is 0 Å². The van der Waals surface area contributed by atoms with Gasteiger partial charge < -0.3 is 10.4 Å². The second-order valence-electron chi connectivity index (χ2n) is 3.53. The van der Waals surface area contributed by atoms with Crippen LogP contribution in [-0.4, -0.2) is 44.2 Å². The maximum absolute atomic E-state index is 11.1. The lowest BCUT2D eigenvalue weighted by Crippen LogP contribution is -2.39. The summed E-state index contributed by atoms with van der Waals surface area (Å²) in [6.07, 6.45) is 0.870. The number of carboxylic acid groups (broad SMARTS) is 1. The lowest BCUT2D eigenvalue weighted by molar-refractivity contribution is -0.138. The van der Waals surface area contributed by atoms with Gasteiger partial charge in [0.05, 0.1) is 0 Å². The SMILES string of the molecule is CCCNC(CSc1n[nH]c(=O)n1C)C(=O)O. The molecule has 1 aromatic rings. The van der Waals surface area contributed by atoms with E-state index in [-0.39, 0.29) is 5.69 Å². The topological polar surface area (TPSA) is 100 Å². The molecule has 0 amide bonds. The van der Waals surface area contributed by atoms with E-state index in [4.69, 9.17) is 5.11 Å². The van der Waals surface area contributed by atoms with Crippen molar-refractivity contribution in [3.05, 3.63) is 10.5 Å². The van der Waals surface area contributed by atoms with Crippen molar-refractivity contribution in [3.8, 4) is 0 Å². The number of aromatic nitrogens is 3. The maximum Gasteiger partial charge on any atom is 0.343 e. The molecule has 3 N–H and O–H groups in total. The maximum atomic E-state index is 11.1. The molecule has 0 fully saturated rings. The Balaban J connectivity index is 2.54. The molecule has 1 atom stereocenters. The Bertz CT molecular complexity index is 428. The number of carbonyl (C=O) groups is 1. The Morgan fingerprint density at radius 3 is 2.88 bits per heavy atom. The Morgan fingerprint density at radius 1 is 1.71 bits per heavy atom. The number of aromatic amines is 1.